The Morgan fingerprint density at radius 1 is 1.15 bits per heavy atom. The molecular formula is C15H14O5. The normalized spacial score (nSPS) is 11.4. The molecule has 1 aromatic carbocycles. The van der Waals surface area contributed by atoms with Gasteiger partial charge in [-0.25, -0.2) is 4.79 Å². The van der Waals surface area contributed by atoms with Crippen LogP contribution in [-0.2, 0) is 6.61 Å². The zero-order valence-electron chi connectivity index (χ0n) is 11.4. The van der Waals surface area contributed by atoms with Gasteiger partial charge in [-0.3, -0.25) is 0 Å². The summed E-state index contributed by atoms with van der Waals surface area (Å²) < 4.78 is 16.3. The van der Waals surface area contributed by atoms with Gasteiger partial charge in [0, 0.05) is 22.4 Å². The van der Waals surface area contributed by atoms with Crippen LogP contribution in [0.15, 0.2) is 25.8 Å². The van der Waals surface area contributed by atoms with Crippen molar-refractivity contribution in [3.8, 4) is 5.75 Å². The predicted molar refractivity (Wildman–Crippen MR) is 74.2 cm³/mol. The van der Waals surface area contributed by atoms with E-state index in [0.29, 0.717) is 28.2 Å². The number of fused-ring (bicyclic) bond motifs is 2. The standard InChI is InChI=1S/C15H14O5/c1-7-4-12(17)20-13-9(7)5-10-11(6-16)8(2)19-14(10)15(13)18-3/h4-5,16H,6H2,1-3H3. The van der Waals surface area contributed by atoms with E-state index in [4.69, 9.17) is 13.6 Å². The first kappa shape index (κ1) is 12.7. The Labute approximate surface area is 114 Å². The lowest BCUT2D eigenvalue weighted by atomic mass is 10.1. The van der Waals surface area contributed by atoms with Gasteiger partial charge in [0.1, 0.15) is 5.76 Å². The van der Waals surface area contributed by atoms with E-state index in [2.05, 4.69) is 0 Å². The highest BCUT2D eigenvalue weighted by Crippen LogP contribution is 2.39. The number of aliphatic hydroxyl groups is 1. The second kappa shape index (κ2) is 4.38. The molecule has 0 bridgehead atoms. The van der Waals surface area contributed by atoms with Crippen LogP contribution in [0, 0.1) is 13.8 Å². The summed E-state index contributed by atoms with van der Waals surface area (Å²) >= 11 is 0. The van der Waals surface area contributed by atoms with Crippen molar-refractivity contribution in [1.82, 2.24) is 0 Å². The molecule has 0 spiro atoms. The van der Waals surface area contributed by atoms with Gasteiger partial charge in [-0.15, -0.1) is 0 Å². The molecule has 0 saturated carbocycles. The maximum atomic E-state index is 11.5. The number of hydrogen-bond donors (Lipinski definition) is 1. The largest absolute Gasteiger partial charge is 0.490 e. The van der Waals surface area contributed by atoms with Gasteiger partial charge in [0.25, 0.3) is 0 Å². The van der Waals surface area contributed by atoms with Crippen molar-refractivity contribution in [2.45, 2.75) is 20.5 Å². The van der Waals surface area contributed by atoms with E-state index < -0.39 is 5.63 Å². The van der Waals surface area contributed by atoms with E-state index in [1.54, 1.807) is 6.92 Å². The Morgan fingerprint density at radius 2 is 1.85 bits per heavy atom. The molecule has 0 amide bonds. The maximum absolute atomic E-state index is 11.5. The lowest BCUT2D eigenvalue weighted by Crippen LogP contribution is -1.99. The highest BCUT2D eigenvalue weighted by atomic mass is 16.5. The number of aliphatic hydroxyl groups excluding tert-OH is 1. The molecule has 0 fully saturated rings. The summed E-state index contributed by atoms with van der Waals surface area (Å²) in [6.45, 7) is 3.48. The van der Waals surface area contributed by atoms with Crippen LogP contribution in [0.2, 0.25) is 0 Å². The second-order valence-electron chi connectivity index (χ2n) is 4.71. The van der Waals surface area contributed by atoms with Gasteiger partial charge in [0.2, 0.25) is 5.75 Å². The van der Waals surface area contributed by atoms with Gasteiger partial charge in [0.05, 0.1) is 13.7 Å². The molecule has 0 unspecified atom stereocenters. The van der Waals surface area contributed by atoms with Crippen molar-refractivity contribution in [3.63, 3.8) is 0 Å². The highest BCUT2D eigenvalue weighted by molar-refractivity contribution is 6.02. The summed E-state index contributed by atoms with van der Waals surface area (Å²) in [7, 11) is 1.49. The molecule has 0 saturated heterocycles. The maximum Gasteiger partial charge on any atom is 0.336 e. The molecule has 2 heterocycles. The van der Waals surface area contributed by atoms with Crippen LogP contribution in [0.3, 0.4) is 0 Å². The Balaban J connectivity index is 2.60. The molecule has 104 valence electrons. The Hall–Kier alpha value is -2.27. The fourth-order valence-electron chi connectivity index (χ4n) is 2.51. The molecule has 0 aliphatic heterocycles. The van der Waals surface area contributed by atoms with Crippen LogP contribution in [0.25, 0.3) is 21.9 Å². The average Bonchev–Trinajstić information content (AvgIpc) is 2.71. The van der Waals surface area contributed by atoms with Crippen molar-refractivity contribution < 1.29 is 18.7 Å². The summed E-state index contributed by atoms with van der Waals surface area (Å²) in [6.07, 6.45) is 0. The number of methoxy groups -OCH3 is 1. The molecule has 1 N–H and O–H groups in total. The van der Waals surface area contributed by atoms with Gasteiger partial charge in [0.15, 0.2) is 11.2 Å². The van der Waals surface area contributed by atoms with E-state index in [0.717, 1.165) is 16.3 Å². The van der Waals surface area contributed by atoms with Gasteiger partial charge in [-0.1, -0.05) is 0 Å². The third-order valence-electron chi connectivity index (χ3n) is 3.52. The number of hydrogen-bond acceptors (Lipinski definition) is 5. The first-order valence-electron chi connectivity index (χ1n) is 6.21. The van der Waals surface area contributed by atoms with E-state index in [9.17, 15) is 9.90 Å². The first-order chi connectivity index (χ1) is 9.56. The van der Waals surface area contributed by atoms with Crippen molar-refractivity contribution in [2.24, 2.45) is 0 Å². The molecule has 3 rings (SSSR count). The number of ether oxygens (including phenoxy) is 1. The second-order valence-corrected chi connectivity index (χ2v) is 4.71. The third kappa shape index (κ3) is 1.63. The Bertz CT molecular complexity index is 869. The summed E-state index contributed by atoms with van der Waals surface area (Å²) in [4.78, 5) is 11.5. The van der Waals surface area contributed by atoms with Crippen molar-refractivity contribution in [3.05, 3.63) is 39.4 Å². The number of furan rings is 1. The van der Waals surface area contributed by atoms with Gasteiger partial charge >= 0.3 is 5.63 Å². The first-order valence-corrected chi connectivity index (χ1v) is 6.21. The van der Waals surface area contributed by atoms with Crippen LogP contribution >= 0.6 is 0 Å². The highest BCUT2D eigenvalue weighted by Gasteiger charge is 2.20. The SMILES string of the molecule is COc1c2oc(=O)cc(C)c2cc2c(CO)c(C)oc12. The average molecular weight is 274 g/mol. The molecule has 0 aliphatic carbocycles. The van der Waals surface area contributed by atoms with Crippen LogP contribution in [0.4, 0.5) is 0 Å². The minimum absolute atomic E-state index is 0.122. The quantitative estimate of drug-likeness (QED) is 0.727. The minimum Gasteiger partial charge on any atom is -0.490 e. The van der Waals surface area contributed by atoms with Crippen LogP contribution in [0.1, 0.15) is 16.9 Å². The summed E-state index contributed by atoms with van der Waals surface area (Å²) in [6, 6.07) is 3.28. The van der Waals surface area contributed by atoms with Gasteiger partial charge in [-0.2, -0.15) is 0 Å². The summed E-state index contributed by atoms with van der Waals surface area (Å²) in [5.74, 6) is 0.997. The van der Waals surface area contributed by atoms with Crippen molar-refractivity contribution >= 4 is 21.9 Å². The van der Waals surface area contributed by atoms with Crippen molar-refractivity contribution in [1.29, 1.82) is 0 Å². The molecular weight excluding hydrogens is 260 g/mol. The molecule has 5 nitrogen and oxygen atoms in total. The topological polar surface area (TPSA) is 72.8 Å². The Kier molecular flexibility index (Phi) is 2.79. The zero-order valence-corrected chi connectivity index (χ0v) is 11.4. The molecule has 0 aliphatic rings. The third-order valence-corrected chi connectivity index (χ3v) is 3.52. The molecule has 5 heteroatoms. The zero-order chi connectivity index (χ0) is 14.4. The Morgan fingerprint density at radius 3 is 2.50 bits per heavy atom. The van der Waals surface area contributed by atoms with Crippen LogP contribution in [0.5, 0.6) is 5.75 Å². The predicted octanol–water partition coefficient (Wildman–Crippen LogP) is 2.66. The summed E-state index contributed by atoms with van der Waals surface area (Å²) in [5.41, 5.74) is 1.92. The molecule has 0 atom stereocenters. The minimum atomic E-state index is -0.432. The monoisotopic (exact) mass is 274 g/mol. The number of rotatable bonds is 2. The number of aryl methyl sites for hydroxylation is 2. The van der Waals surface area contributed by atoms with Gasteiger partial charge in [-0.05, 0) is 25.5 Å². The number of benzene rings is 1. The lowest BCUT2D eigenvalue weighted by molar-refractivity contribution is 0.280. The van der Waals surface area contributed by atoms with Crippen LogP contribution < -0.4 is 10.4 Å². The molecule has 0 radical (unpaired) electrons. The van der Waals surface area contributed by atoms with Gasteiger partial charge < -0.3 is 18.7 Å². The van der Waals surface area contributed by atoms with Crippen molar-refractivity contribution in [2.75, 3.05) is 7.11 Å². The fraction of sp³-hybridized carbons (Fsp3) is 0.267. The smallest absolute Gasteiger partial charge is 0.336 e. The molecule has 20 heavy (non-hydrogen) atoms. The fourth-order valence-corrected chi connectivity index (χ4v) is 2.51. The lowest BCUT2D eigenvalue weighted by Gasteiger charge is -2.07. The molecule has 2 aromatic heterocycles. The van der Waals surface area contributed by atoms with Crippen LogP contribution in [-0.4, -0.2) is 12.2 Å². The van der Waals surface area contributed by atoms with E-state index >= 15 is 0 Å². The summed E-state index contributed by atoms with van der Waals surface area (Å²) in [5, 5.41) is 11.0. The van der Waals surface area contributed by atoms with E-state index in [-0.39, 0.29) is 6.61 Å². The molecule has 3 aromatic rings. The van der Waals surface area contributed by atoms with E-state index in [1.165, 1.54) is 13.2 Å². The van der Waals surface area contributed by atoms with E-state index in [1.807, 2.05) is 13.0 Å².